The lowest BCUT2D eigenvalue weighted by Crippen LogP contribution is -2.47. The van der Waals surface area contributed by atoms with Gasteiger partial charge in [0.15, 0.2) is 5.96 Å². The van der Waals surface area contributed by atoms with Crippen molar-refractivity contribution in [1.29, 1.82) is 0 Å². The van der Waals surface area contributed by atoms with E-state index in [1.807, 2.05) is 13.8 Å². The Kier molecular flexibility index (Phi) is 7.45. The first-order chi connectivity index (χ1) is 14.0. The summed E-state index contributed by atoms with van der Waals surface area (Å²) in [7, 11) is 0. The van der Waals surface area contributed by atoms with Crippen LogP contribution in [0.1, 0.15) is 63.9 Å². The lowest BCUT2D eigenvalue weighted by molar-refractivity contribution is -0.126. The highest BCUT2D eigenvalue weighted by Crippen LogP contribution is 2.27. The molecule has 5 nitrogen and oxygen atoms in total. The van der Waals surface area contributed by atoms with Gasteiger partial charge in [0, 0.05) is 43.1 Å². The Balaban J connectivity index is 1.57. The van der Waals surface area contributed by atoms with Crippen molar-refractivity contribution in [3.8, 4) is 0 Å². The van der Waals surface area contributed by atoms with Crippen LogP contribution in [0, 0.1) is 17.6 Å². The number of hydrogen-bond acceptors (Lipinski definition) is 2. The van der Waals surface area contributed by atoms with Gasteiger partial charge in [0.25, 0.3) is 0 Å². The highest BCUT2D eigenvalue weighted by atomic mass is 19.1. The Morgan fingerprint density at radius 2 is 1.97 bits per heavy atom. The van der Waals surface area contributed by atoms with E-state index in [-0.39, 0.29) is 23.8 Å². The Hall–Kier alpha value is -2.18. The van der Waals surface area contributed by atoms with E-state index in [1.54, 1.807) is 0 Å². The van der Waals surface area contributed by atoms with Crippen LogP contribution in [-0.2, 0) is 4.79 Å². The van der Waals surface area contributed by atoms with Gasteiger partial charge in [-0.05, 0) is 50.7 Å². The number of rotatable bonds is 7. The Morgan fingerprint density at radius 1 is 1.17 bits per heavy atom. The highest BCUT2D eigenvalue weighted by Gasteiger charge is 2.31. The average molecular weight is 407 g/mol. The van der Waals surface area contributed by atoms with Gasteiger partial charge in [0.2, 0.25) is 5.91 Å². The second-order valence-corrected chi connectivity index (χ2v) is 8.27. The summed E-state index contributed by atoms with van der Waals surface area (Å²) in [5.74, 6) is -0.375. The monoisotopic (exact) mass is 406 g/mol. The van der Waals surface area contributed by atoms with Gasteiger partial charge in [-0.3, -0.25) is 9.79 Å². The maximum atomic E-state index is 14.0. The van der Waals surface area contributed by atoms with Crippen molar-refractivity contribution in [2.45, 2.75) is 70.4 Å². The molecule has 2 fully saturated rings. The summed E-state index contributed by atoms with van der Waals surface area (Å²) in [5, 5.41) is 9.79. The minimum absolute atomic E-state index is 0.0527. The molecule has 3 unspecified atom stereocenters. The molecule has 7 heteroatoms. The first-order valence-corrected chi connectivity index (χ1v) is 10.8. The molecule has 1 aromatic rings. The SMILES string of the molecule is CCNC(=NCC(C)c1ccc(F)cc1F)NC1CCCC(C(=O)NC2CC2)C1. The molecule has 1 amide bonds. The van der Waals surface area contributed by atoms with Gasteiger partial charge in [0.05, 0.1) is 0 Å². The third kappa shape index (κ3) is 6.41. The van der Waals surface area contributed by atoms with E-state index in [1.165, 1.54) is 12.1 Å². The van der Waals surface area contributed by atoms with Crippen molar-refractivity contribution in [2.75, 3.05) is 13.1 Å². The molecule has 2 saturated carbocycles. The zero-order chi connectivity index (χ0) is 20.8. The molecular weight excluding hydrogens is 374 g/mol. The molecule has 3 rings (SSSR count). The third-order valence-corrected chi connectivity index (χ3v) is 5.67. The second-order valence-electron chi connectivity index (χ2n) is 8.27. The Labute approximate surface area is 171 Å². The molecule has 0 bridgehead atoms. The van der Waals surface area contributed by atoms with E-state index in [9.17, 15) is 13.6 Å². The smallest absolute Gasteiger partial charge is 0.223 e. The van der Waals surface area contributed by atoms with Crippen molar-refractivity contribution in [3.05, 3.63) is 35.4 Å². The van der Waals surface area contributed by atoms with Crippen molar-refractivity contribution in [1.82, 2.24) is 16.0 Å². The van der Waals surface area contributed by atoms with Crippen molar-refractivity contribution >= 4 is 11.9 Å². The molecule has 2 aliphatic rings. The molecule has 29 heavy (non-hydrogen) atoms. The number of carbonyl (C=O) groups is 1. The average Bonchev–Trinajstić information content (AvgIpc) is 3.50. The van der Waals surface area contributed by atoms with Gasteiger partial charge >= 0.3 is 0 Å². The summed E-state index contributed by atoms with van der Waals surface area (Å²) < 4.78 is 27.1. The minimum atomic E-state index is -0.575. The quantitative estimate of drug-likeness (QED) is 0.480. The summed E-state index contributed by atoms with van der Waals surface area (Å²) in [6, 6.07) is 4.25. The van der Waals surface area contributed by atoms with Gasteiger partial charge < -0.3 is 16.0 Å². The molecule has 0 radical (unpaired) electrons. The second kappa shape index (κ2) is 10.0. The number of amides is 1. The molecule has 2 aliphatic carbocycles. The zero-order valence-corrected chi connectivity index (χ0v) is 17.3. The molecular formula is C22H32F2N4O. The van der Waals surface area contributed by atoms with Crippen LogP contribution in [-0.4, -0.2) is 37.0 Å². The topological polar surface area (TPSA) is 65.5 Å². The molecule has 3 N–H and O–H groups in total. The summed E-state index contributed by atoms with van der Waals surface area (Å²) in [5.41, 5.74) is 0.459. The van der Waals surface area contributed by atoms with Crippen LogP contribution in [0.3, 0.4) is 0 Å². The van der Waals surface area contributed by atoms with E-state index >= 15 is 0 Å². The third-order valence-electron chi connectivity index (χ3n) is 5.67. The summed E-state index contributed by atoms with van der Waals surface area (Å²) >= 11 is 0. The van der Waals surface area contributed by atoms with Gasteiger partial charge in [-0.15, -0.1) is 0 Å². The van der Waals surface area contributed by atoms with Gasteiger partial charge in [0.1, 0.15) is 11.6 Å². The van der Waals surface area contributed by atoms with E-state index in [4.69, 9.17) is 0 Å². The highest BCUT2D eigenvalue weighted by molar-refractivity contribution is 5.81. The predicted octanol–water partition coefficient (Wildman–Crippen LogP) is 3.46. The van der Waals surface area contributed by atoms with E-state index in [2.05, 4.69) is 20.9 Å². The number of nitrogens with one attached hydrogen (secondary N) is 3. The maximum absolute atomic E-state index is 14.0. The first kappa shape index (κ1) is 21.5. The number of nitrogens with zero attached hydrogens (tertiary/aromatic N) is 1. The predicted molar refractivity (Wildman–Crippen MR) is 111 cm³/mol. The number of aliphatic imine (C=N–C) groups is 1. The van der Waals surface area contributed by atoms with Gasteiger partial charge in [-0.1, -0.05) is 19.4 Å². The molecule has 0 aromatic heterocycles. The number of hydrogen-bond donors (Lipinski definition) is 3. The van der Waals surface area contributed by atoms with Crippen molar-refractivity contribution in [3.63, 3.8) is 0 Å². The van der Waals surface area contributed by atoms with Gasteiger partial charge in [-0.2, -0.15) is 0 Å². The van der Waals surface area contributed by atoms with Crippen LogP contribution >= 0.6 is 0 Å². The lowest BCUT2D eigenvalue weighted by atomic mass is 9.85. The summed E-state index contributed by atoms with van der Waals surface area (Å²) in [6.07, 6.45) is 5.95. The largest absolute Gasteiger partial charge is 0.357 e. The van der Waals surface area contributed by atoms with Crippen LogP contribution in [0.5, 0.6) is 0 Å². The van der Waals surface area contributed by atoms with Crippen LogP contribution in [0.25, 0.3) is 0 Å². The maximum Gasteiger partial charge on any atom is 0.223 e. The number of benzene rings is 1. The first-order valence-electron chi connectivity index (χ1n) is 10.8. The standard InChI is InChI=1S/C22H32F2N4O/c1-3-25-22(26-13-14(2)19-10-7-16(23)12-20(19)24)28-18-6-4-5-15(11-18)21(29)27-17-8-9-17/h7,10,12,14-15,17-18H,3-6,8-9,11,13H2,1-2H3,(H,27,29)(H2,25,26,28). The van der Waals surface area contributed by atoms with E-state index < -0.39 is 11.6 Å². The van der Waals surface area contributed by atoms with Crippen molar-refractivity contribution in [2.24, 2.45) is 10.9 Å². The molecule has 0 saturated heterocycles. The summed E-state index contributed by atoms with van der Waals surface area (Å²) in [4.78, 5) is 17.0. The van der Waals surface area contributed by atoms with Crippen LogP contribution in [0.4, 0.5) is 8.78 Å². The molecule has 0 aliphatic heterocycles. The molecule has 0 spiro atoms. The number of guanidine groups is 1. The van der Waals surface area contributed by atoms with Crippen LogP contribution < -0.4 is 16.0 Å². The normalized spacial score (nSPS) is 23.4. The summed E-state index contributed by atoms with van der Waals surface area (Å²) in [6.45, 7) is 4.97. The number of halogens is 2. The minimum Gasteiger partial charge on any atom is -0.357 e. The molecule has 0 heterocycles. The lowest BCUT2D eigenvalue weighted by Gasteiger charge is -2.30. The molecule has 1 aromatic carbocycles. The zero-order valence-electron chi connectivity index (χ0n) is 17.3. The molecule has 160 valence electrons. The Morgan fingerprint density at radius 3 is 2.66 bits per heavy atom. The van der Waals surface area contributed by atoms with Crippen molar-refractivity contribution < 1.29 is 13.6 Å². The fraction of sp³-hybridized carbons (Fsp3) is 0.636. The fourth-order valence-corrected chi connectivity index (χ4v) is 3.85. The van der Waals surface area contributed by atoms with Crippen LogP contribution in [0.15, 0.2) is 23.2 Å². The fourth-order valence-electron chi connectivity index (χ4n) is 3.85. The van der Waals surface area contributed by atoms with Crippen LogP contribution in [0.2, 0.25) is 0 Å². The van der Waals surface area contributed by atoms with E-state index in [0.717, 1.165) is 44.6 Å². The Bertz CT molecular complexity index is 736. The van der Waals surface area contributed by atoms with E-state index in [0.29, 0.717) is 30.7 Å². The van der Waals surface area contributed by atoms with Gasteiger partial charge in [-0.25, -0.2) is 8.78 Å². The molecule has 3 atom stereocenters. The number of carbonyl (C=O) groups excluding carboxylic acids is 1.